The van der Waals surface area contributed by atoms with Crippen LogP contribution in [0.5, 0.6) is 5.75 Å². The number of hydrogen-bond acceptors (Lipinski definition) is 9. The standard InChI is InChI=1S/C24H29BrN6O4S/c1-4-35-21-14-20(31-9-11-34-12-10-31)16(2)13-19(21)29-24-27-15-17(25)23(30-24)28-18-7-5-6-8-22(18)36(32,33)26-3/h5-8,13-15,26H,4,9-12H2,1-3H3,(H2,27,28,29,30). The second-order valence-corrected chi connectivity index (χ2v) is 10.7. The van der Waals surface area contributed by atoms with Crippen molar-refractivity contribution >= 4 is 54.8 Å². The summed E-state index contributed by atoms with van der Waals surface area (Å²) < 4.78 is 39.2. The van der Waals surface area contributed by atoms with Crippen LogP contribution in [0.2, 0.25) is 0 Å². The van der Waals surface area contributed by atoms with Gasteiger partial charge in [0.2, 0.25) is 16.0 Å². The maximum Gasteiger partial charge on any atom is 0.242 e. The summed E-state index contributed by atoms with van der Waals surface area (Å²) in [7, 11) is -2.29. The van der Waals surface area contributed by atoms with Crippen molar-refractivity contribution in [2.24, 2.45) is 0 Å². The zero-order valence-electron chi connectivity index (χ0n) is 20.3. The molecule has 3 aromatic rings. The van der Waals surface area contributed by atoms with Gasteiger partial charge in [-0.15, -0.1) is 0 Å². The van der Waals surface area contributed by atoms with Crippen LogP contribution in [0.1, 0.15) is 12.5 Å². The van der Waals surface area contributed by atoms with Crippen LogP contribution in [-0.2, 0) is 14.8 Å². The Balaban J connectivity index is 1.64. The minimum atomic E-state index is -3.67. The van der Waals surface area contributed by atoms with Gasteiger partial charge < -0.3 is 25.0 Å². The van der Waals surface area contributed by atoms with Crippen molar-refractivity contribution in [2.45, 2.75) is 18.7 Å². The predicted molar refractivity (Wildman–Crippen MR) is 144 cm³/mol. The molecule has 0 spiro atoms. The highest BCUT2D eigenvalue weighted by atomic mass is 79.9. The lowest BCUT2D eigenvalue weighted by Gasteiger charge is -2.31. The number of ether oxygens (including phenoxy) is 2. The van der Waals surface area contributed by atoms with E-state index in [-0.39, 0.29) is 4.90 Å². The first-order valence-electron chi connectivity index (χ1n) is 11.5. The number of aryl methyl sites for hydroxylation is 1. The van der Waals surface area contributed by atoms with Crippen LogP contribution >= 0.6 is 15.9 Å². The normalized spacial score (nSPS) is 13.9. The number of nitrogens with one attached hydrogen (secondary N) is 3. The molecule has 36 heavy (non-hydrogen) atoms. The van der Waals surface area contributed by atoms with E-state index in [9.17, 15) is 8.42 Å². The van der Waals surface area contributed by atoms with Crippen LogP contribution in [0, 0.1) is 6.92 Å². The zero-order chi connectivity index (χ0) is 25.7. The molecule has 2 aromatic carbocycles. The summed E-state index contributed by atoms with van der Waals surface area (Å²) in [5.41, 5.74) is 3.31. The Labute approximate surface area is 219 Å². The van der Waals surface area contributed by atoms with E-state index in [0.717, 1.165) is 30.0 Å². The van der Waals surface area contributed by atoms with Gasteiger partial charge >= 0.3 is 0 Å². The maximum absolute atomic E-state index is 12.4. The van der Waals surface area contributed by atoms with Gasteiger partial charge in [0, 0.05) is 31.0 Å². The number of sulfonamides is 1. The Morgan fingerprint density at radius 2 is 1.89 bits per heavy atom. The summed E-state index contributed by atoms with van der Waals surface area (Å²) in [6.07, 6.45) is 1.60. The summed E-state index contributed by atoms with van der Waals surface area (Å²) in [6.45, 7) is 7.55. The second-order valence-electron chi connectivity index (χ2n) is 8.01. The van der Waals surface area contributed by atoms with E-state index in [1.807, 2.05) is 19.1 Å². The molecule has 12 heteroatoms. The molecule has 192 valence electrons. The number of nitrogens with zero attached hydrogens (tertiary/aromatic N) is 3. The van der Waals surface area contributed by atoms with Gasteiger partial charge in [-0.1, -0.05) is 12.1 Å². The highest BCUT2D eigenvalue weighted by Crippen LogP contribution is 2.36. The summed E-state index contributed by atoms with van der Waals surface area (Å²) >= 11 is 3.45. The Kier molecular flexibility index (Phi) is 8.29. The van der Waals surface area contributed by atoms with Crippen LogP contribution in [0.25, 0.3) is 0 Å². The third-order valence-electron chi connectivity index (χ3n) is 5.64. The molecule has 0 saturated carbocycles. The first-order valence-corrected chi connectivity index (χ1v) is 13.8. The molecule has 0 aliphatic carbocycles. The summed E-state index contributed by atoms with van der Waals surface area (Å²) in [6, 6.07) is 10.7. The largest absolute Gasteiger partial charge is 0.492 e. The monoisotopic (exact) mass is 576 g/mol. The molecule has 2 heterocycles. The zero-order valence-corrected chi connectivity index (χ0v) is 22.7. The van der Waals surface area contributed by atoms with Crippen LogP contribution in [0.3, 0.4) is 0 Å². The van der Waals surface area contributed by atoms with Crippen molar-refractivity contribution < 1.29 is 17.9 Å². The van der Waals surface area contributed by atoms with Crippen molar-refractivity contribution in [1.29, 1.82) is 0 Å². The molecule has 1 fully saturated rings. The number of morpholine rings is 1. The molecule has 0 amide bonds. The molecule has 1 aliphatic rings. The van der Waals surface area contributed by atoms with Gasteiger partial charge in [0.05, 0.1) is 35.7 Å². The SMILES string of the molecule is CCOc1cc(N2CCOCC2)c(C)cc1Nc1ncc(Br)c(Nc2ccccc2S(=O)(=O)NC)n1. The molecule has 4 rings (SSSR count). The second kappa shape index (κ2) is 11.4. The van der Waals surface area contributed by atoms with Gasteiger partial charge in [-0.05, 0) is 60.6 Å². The minimum absolute atomic E-state index is 0.112. The predicted octanol–water partition coefficient (Wildman–Crippen LogP) is 4.18. The molecule has 0 atom stereocenters. The van der Waals surface area contributed by atoms with Gasteiger partial charge in [-0.2, -0.15) is 4.98 Å². The van der Waals surface area contributed by atoms with E-state index >= 15 is 0 Å². The first-order chi connectivity index (χ1) is 17.3. The minimum Gasteiger partial charge on any atom is -0.492 e. The number of para-hydroxylation sites is 1. The van der Waals surface area contributed by atoms with Crippen LogP contribution < -0.4 is 25.0 Å². The highest BCUT2D eigenvalue weighted by Gasteiger charge is 2.19. The van der Waals surface area contributed by atoms with Gasteiger partial charge in [-0.3, -0.25) is 0 Å². The van der Waals surface area contributed by atoms with Crippen LogP contribution in [0.15, 0.2) is 52.0 Å². The van der Waals surface area contributed by atoms with E-state index in [4.69, 9.17) is 9.47 Å². The van der Waals surface area contributed by atoms with E-state index < -0.39 is 10.0 Å². The first kappa shape index (κ1) is 26.1. The van der Waals surface area contributed by atoms with Crippen LogP contribution in [-0.4, -0.2) is 58.3 Å². The maximum atomic E-state index is 12.4. The van der Waals surface area contributed by atoms with Crippen molar-refractivity contribution in [3.8, 4) is 5.75 Å². The third-order valence-corrected chi connectivity index (χ3v) is 7.69. The highest BCUT2D eigenvalue weighted by molar-refractivity contribution is 9.10. The third kappa shape index (κ3) is 5.89. The lowest BCUT2D eigenvalue weighted by Crippen LogP contribution is -2.36. The molecule has 1 aromatic heterocycles. The molecule has 0 radical (unpaired) electrons. The number of benzene rings is 2. The van der Waals surface area contributed by atoms with Crippen molar-refractivity contribution in [3.05, 3.63) is 52.6 Å². The Hall–Kier alpha value is -2.93. The van der Waals surface area contributed by atoms with E-state index in [2.05, 4.69) is 53.1 Å². The molecule has 1 saturated heterocycles. The number of hydrogen-bond donors (Lipinski definition) is 3. The van der Waals surface area contributed by atoms with Gasteiger partial charge in [0.25, 0.3) is 0 Å². The fourth-order valence-electron chi connectivity index (χ4n) is 3.87. The van der Waals surface area contributed by atoms with Gasteiger partial charge in [0.15, 0.2) is 0 Å². The molecule has 0 unspecified atom stereocenters. The van der Waals surface area contributed by atoms with Gasteiger partial charge in [0.1, 0.15) is 16.5 Å². The quantitative estimate of drug-likeness (QED) is 0.344. The van der Waals surface area contributed by atoms with E-state index in [0.29, 0.717) is 47.5 Å². The smallest absolute Gasteiger partial charge is 0.242 e. The van der Waals surface area contributed by atoms with E-state index in [1.54, 1.807) is 24.4 Å². The lowest BCUT2D eigenvalue weighted by molar-refractivity contribution is 0.122. The molecule has 1 aliphatic heterocycles. The van der Waals surface area contributed by atoms with Crippen molar-refractivity contribution in [1.82, 2.24) is 14.7 Å². The summed E-state index contributed by atoms with van der Waals surface area (Å²) in [5.74, 6) is 1.43. The average molecular weight is 578 g/mol. The molecule has 10 nitrogen and oxygen atoms in total. The Morgan fingerprint density at radius 1 is 1.14 bits per heavy atom. The van der Waals surface area contributed by atoms with E-state index in [1.165, 1.54) is 13.1 Å². The van der Waals surface area contributed by atoms with Gasteiger partial charge in [-0.25, -0.2) is 18.1 Å². The molecule has 3 N–H and O–H groups in total. The van der Waals surface area contributed by atoms with Crippen molar-refractivity contribution in [3.63, 3.8) is 0 Å². The molecular weight excluding hydrogens is 548 g/mol. The molecular formula is C24H29BrN6O4S. The summed E-state index contributed by atoms with van der Waals surface area (Å²) in [5, 5.41) is 6.36. The number of halogens is 1. The Bertz CT molecular complexity index is 1330. The fraction of sp³-hybridized carbons (Fsp3) is 0.333. The van der Waals surface area contributed by atoms with Crippen LogP contribution in [0.4, 0.5) is 28.8 Å². The molecule has 0 bridgehead atoms. The topological polar surface area (TPSA) is 118 Å². The lowest BCUT2D eigenvalue weighted by atomic mass is 10.1. The number of aromatic nitrogens is 2. The Morgan fingerprint density at radius 3 is 2.61 bits per heavy atom. The fourth-order valence-corrected chi connectivity index (χ4v) is 5.05. The average Bonchev–Trinajstić information content (AvgIpc) is 2.88. The number of rotatable bonds is 9. The summed E-state index contributed by atoms with van der Waals surface area (Å²) in [4.78, 5) is 11.4. The van der Waals surface area contributed by atoms with Crippen molar-refractivity contribution in [2.75, 3.05) is 55.5 Å². The number of anilines is 5.